The average Bonchev–Trinajstić information content (AvgIpc) is 3.35. The Morgan fingerprint density at radius 1 is 0.659 bits per heavy atom. The number of hydrogen-bond donors (Lipinski definition) is 2. The fourth-order valence-electron chi connectivity index (χ4n) is 9.18. The first-order valence-corrected chi connectivity index (χ1v) is 15.9. The molecule has 8 rings (SSSR count). The zero-order valence-electron chi connectivity index (χ0n) is 25.9. The largest absolute Gasteiger partial charge is 0.321 e. The molecule has 4 bridgehead atoms. The summed E-state index contributed by atoms with van der Waals surface area (Å²) in [6, 6.07) is 18.7. The van der Waals surface area contributed by atoms with E-state index < -0.39 is 10.8 Å². The number of carbonyl (C=O) groups excluding carboxylic acids is 4. The molecule has 8 nitrogen and oxygen atoms in total. The summed E-state index contributed by atoms with van der Waals surface area (Å²) in [6.07, 6.45) is 4.35. The lowest BCUT2D eigenvalue weighted by Crippen LogP contribution is -2.61. The number of hydrogen-bond acceptors (Lipinski definition) is 4. The molecule has 8 heteroatoms. The molecular weight excluding hydrogens is 552 g/mol. The van der Waals surface area contributed by atoms with Gasteiger partial charge in [-0.25, -0.2) is 0 Å². The number of rotatable bonds is 6. The van der Waals surface area contributed by atoms with Crippen LogP contribution in [-0.4, -0.2) is 35.7 Å². The van der Waals surface area contributed by atoms with Crippen molar-refractivity contribution in [3.63, 3.8) is 0 Å². The van der Waals surface area contributed by atoms with E-state index in [0.29, 0.717) is 17.8 Å². The standard InChI is InChI=1S/C36H40N4O4/c1-21-23(3)39(27-11-7-5-8-12-27)31(41)29(21)37-33(43)35-16-25-15-26(17-35)19-36(18-25,20-35)34(44)38-30-22(2)24(4)40(32(30)42)28-13-9-6-10-14-28/h5-14,23-26H,15-20H2,1-4H3,(H,37,43)(H,38,44)/t23-,24+,25?,26?,35?,36?. The Kier molecular flexibility index (Phi) is 6.61. The van der Waals surface area contributed by atoms with Crippen molar-refractivity contribution in [2.45, 2.75) is 78.3 Å². The van der Waals surface area contributed by atoms with Gasteiger partial charge in [0.2, 0.25) is 11.8 Å². The van der Waals surface area contributed by atoms with Gasteiger partial charge in [-0.3, -0.25) is 19.2 Å². The number of amides is 4. The Morgan fingerprint density at radius 2 is 1.02 bits per heavy atom. The first-order chi connectivity index (χ1) is 21.0. The zero-order chi connectivity index (χ0) is 31.0. The van der Waals surface area contributed by atoms with Crippen molar-refractivity contribution >= 4 is 35.0 Å². The van der Waals surface area contributed by atoms with Gasteiger partial charge in [0.25, 0.3) is 11.8 Å². The number of nitrogens with zero attached hydrogens (tertiary/aromatic N) is 2. The Balaban J connectivity index is 1.12. The van der Waals surface area contributed by atoms with Crippen molar-refractivity contribution in [1.82, 2.24) is 10.6 Å². The summed E-state index contributed by atoms with van der Waals surface area (Å²) < 4.78 is 0. The van der Waals surface area contributed by atoms with Crippen molar-refractivity contribution < 1.29 is 19.2 Å². The van der Waals surface area contributed by atoms with Crippen LogP contribution in [0.15, 0.2) is 83.2 Å². The Morgan fingerprint density at radius 3 is 1.39 bits per heavy atom. The quantitative estimate of drug-likeness (QED) is 0.480. The first kappa shape index (κ1) is 28.6. The van der Waals surface area contributed by atoms with Gasteiger partial charge in [-0.2, -0.15) is 0 Å². The van der Waals surface area contributed by atoms with Gasteiger partial charge < -0.3 is 20.4 Å². The summed E-state index contributed by atoms with van der Waals surface area (Å²) in [4.78, 5) is 59.2. The third kappa shape index (κ3) is 4.25. The van der Waals surface area contributed by atoms with Crippen LogP contribution in [0.1, 0.15) is 66.2 Å². The summed E-state index contributed by atoms with van der Waals surface area (Å²) in [6.45, 7) is 7.77. The van der Waals surface area contributed by atoms with Gasteiger partial charge in [-0.15, -0.1) is 0 Å². The molecule has 0 radical (unpaired) electrons. The van der Waals surface area contributed by atoms with Crippen molar-refractivity contribution in [3.8, 4) is 0 Å². The van der Waals surface area contributed by atoms with E-state index >= 15 is 0 Å². The summed E-state index contributed by atoms with van der Waals surface area (Å²) in [5.41, 5.74) is 2.54. The van der Waals surface area contributed by atoms with E-state index in [1.807, 2.05) is 88.4 Å². The molecule has 6 aliphatic rings. The number of carbonyl (C=O) groups is 4. The molecule has 44 heavy (non-hydrogen) atoms. The zero-order valence-corrected chi connectivity index (χ0v) is 25.9. The van der Waals surface area contributed by atoms with E-state index in [4.69, 9.17) is 0 Å². The van der Waals surface area contributed by atoms with Crippen LogP contribution in [0.25, 0.3) is 0 Å². The molecule has 2 N–H and O–H groups in total. The number of para-hydroxylation sites is 2. The van der Waals surface area contributed by atoms with Crippen molar-refractivity contribution in [2.75, 3.05) is 9.80 Å². The van der Waals surface area contributed by atoms with E-state index in [1.54, 1.807) is 9.80 Å². The highest BCUT2D eigenvalue weighted by atomic mass is 16.2. The molecule has 0 saturated heterocycles. The minimum Gasteiger partial charge on any atom is -0.321 e. The topological polar surface area (TPSA) is 98.8 Å². The number of nitrogens with one attached hydrogen (secondary N) is 2. The maximum Gasteiger partial charge on any atom is 0.275 e. The fourth-order valence-corrected chi connectivity index (χ4v) is 9.18. The smallest absolute Gasteiger partial charge is 0.275 e. The van der Waals surface area contributed by atoms with Crippen LogP contribution >= 0.6 is 0 Å². The molecule has 4 fully saturated rings. The van der Waals surface area contributed by atoms with Gasteiger partial charge >= 0.3 is 0 Å². The van der Waals surface area contributed by atoms with E-state index in [0.717, 1.165) is 54.6 Å². The molecule has 4 atom stereocenters. The third-order valence-electron chi connectivity index (χ3n) is 11.3. The summed E-state index contributed by atoms with van der Waals surface area (Å²) >= 11 is 0. The normalized spacial score (nSPS) is 32.6. The van der Waals surface area contributed by atoms with E-state index in [-0.39, 0.29) is 47.5 Å². The molecule has 4 saturated carbocycles. The van der Waals surface area contributed by atoms with Gasteiger partial charge in [0, 0.05) is 11.4 Å². The van der Waals surface area contributed by atoms with E-state index in [2.05, 4.69) is 10.6 Å². The molecule has 228 valence electrons. The predicted molar refractivity (Wildman–Crippen MR) is 168 cm³/mol. The van der Waals surface area contributed by atoms with Crippen LogP contribution in [-0.2, 0) is 19.2 Å². The maximum atomic E-state index is 14.2. The van der Waals surface area contributed by atoms with Gasteiger partial charge in [0.15, 0.2) is 0 Å². The highest BCUT2D eigenvalue weighted by molar-refractivity contribution is 6.13. The molecule has 4 amide bonds. The number of benzene rings is 2. The van der Waals surface area contributed by atoms with Gasteiger partial charge in [0.1, 0.15) is 11.4 Å². The molecule has 0 aromatic heterocycles. The lowest BCUT2D eigenvalue weighted by Gasteiger charge is -2.60. The molecule has 2 unspecified atom stereocenters. The second kappa shape index (κ2) is 10.2. The third-order valence-corrected chi connectivity index (χ3v) is 11.3. The number of anilines is 2. The SMILES string of the molecule is CC1=C(NC(=O)C23CC4CC(C2)CC(C(=O)NC2=C(C)[C@H](C)N(c5ccccc5)C2=O)(C4)C3)C(=O)N(c2ccccc2)[C@@H]1C. The van der Waals surface area contributed by atoms with Crippen LogP contribution in [0.5, 0.6) is 0 Å². The van der Waals surface area contributed by atoms with Crippen molar-refractivity contribution in [3.05, 3.63) is 83.2 Å². The van der Waals surface area contributed by atoms with Crippen LogP contribution < -0.4 is 20.4 Å². The Hall–Kier alpha value is -4.20. The Bertz CT molecular complexity index is 1500. The lowest BCUT2D eigenvalue weighted by molar-refractivity contribution is -0.166. The predicted octanol–water partition coefficient (Wildman–Crippen LogP) is 5.22. The maximum absolute atomic E-state index is 14.2. The Labute approximate surface area is 258 Å². The molecular formula is C36H40N4O4. The molecule has 4 aliphatic carbocycles. The minimum atomic E-state index is -0.717. The van der Waals surface area contributed by atoms with Crippen molar-refractivity contribution in [2.24, 2.45) is 22.7 Å². The fraction of sp³-hybridized carbons (Fsp3) is 0.444. The summed E-state index contributed by atoms with van der Waals surface area (Å²) in [5, 5.41) is 6.17. The molecule has 2 aromatic rings. The van der Waals surface area contributed by atoms with E-state index in [9.17, 15) is 19.2 Å². The molecule has 2 heterocycles. The van der Waals surface area contributed by atoms with E-state index in [1.165, 1.54) is 0 Å². The molecule has 0 spiro atoms. The summed E-state index contributed by atoms with van der Waals surface area (Å²) in [5.74, 6) is -0.182. The minimum absolute atomic E-state index is 0.148. The van der Waals surface area contributed by atoms with Gasteiger partial charge in [0.05, 0.1) is 22.9 Å². The second-order valence-corrected chi connectivity index (χ2v) is 13.9. The van der Waals surface area contributed by atoms with Crippen molar-refractivity contribution in [1.29, 1.82) is 0 Å². The molecule has 2 aromatic carbocycles. The van der Waals surface area contributed by atoms with Crippen LogP contribution in [0.2, 0.25) is 0 Å². The van der Waals surface area contributed by atoms with Gasteiger partial charge in [-0.1, -0.05) is 36.4 Å². The molecule has 2 aliphatic heterocycles. The second-order valence-electron chi connectivity index (χ2n) is 13.9. The highest BCUT2D eigenvalue weighted by Crippen LogP contribution is 2.65. The van der Waals surface area contributed by atoms with Crippen LogP contribution in [0.4, 0.5) is 11.4 Å². The lowest BCUT2D eigenvalue weighted by atomic mass is 9.43. The van der Waals surface area contributed by atoms with Crippen LogP contribution in [0, 0.1) is 22.7 Å². The average molecular weight is 593 g/mol. The first-order valence-electron chi connectivity index (χ1n) is 15.9. The van der Waals surface area contributed by atoms with Crippen LogP contribution in [0.3, 0.4) is 0 Å². The van der Waals surface area contributed by atoms with Gasteiger partial charge in [-0.05, 0) is 113 Å². The highest BCUT2D eigenvalue weighted by Gasteiger charge is 2.63. The summed E-state index contributed by atoms with van der Waals surface area (Å²) in [7, 11) is 0. The monoisotopic (exact) mass is 592 g/mol.